The number of urea groups is 2. The van der Waals surface area contributed by atoms with Crippen LogP contribution in [0.2, 0.25) is 0 Å². The second-order valence-electron chi connectivity index (χ2n) is 6.32. The van der Waals surface area contributed by atoms with Crippen LogP contribution >= 0.6 is 11.8 Å². The van der Waals surface area contributed by atoms with E-state index < -0.39 is 0 Å². The van der Waals surface area contributed by atoms with Crippen LogP contribution in [0.3, 0.4) is 0 Å². The van der Waals surface area contributed by atoms with Gasteiger partial charge in [-0.05, 0) is 6.42 Å². The minimum absolute atomic E-state index is 0.0315. The Kier molecular flexibility index (Phi) is 8.82. The van der Waals surface area contributed by atoms with Gasteiger partial charge in [0.05, 0.1) is 25.3 Å². The summed E-state index contributed by atoms with van der Waals surface area (Å²) in [6.07, 6.45) is 2.39. The van der Waals surface area contributed by atoms with Crippen LogP contribution < -0.4 is 26.6 Å². The van der Waals surface area contributed by atoms with Crippen LogP contribution in [0.15, 0.2) is 0 Å². The van der Waals surface area contributed by atoms with E-state index in [4.69, 9.17) is 4.74 Å². The number of carbonyl (C=O) groups excluding carboxylic acids is 3. The maximum absolute atomic E-state index is 12.0. The van der Waals surface area contributed by atoms with E-state index in [-0.39, 0.29) is 35.3 Å². The Morgan fingerprint density at radius 1 is 1.15 bits per heavy atom. The molecule has 3 atom stereocenters. The monoisotopic (exact) mass is 387 g/mol. The van der Waals surface area contributed by atoms with E-state index in [0.29, 0.717) is 39.3 Å². The van der Waals surface area contributed by atoms with Crippen molar-refractivity contribution < 1.29 is 19.1 Å². The van der Waals surface area contributed by atoms with E-state index in [1.54, 1.807) is 11.8 Å². The van der Waals surface area contributed by atoms with E-state index in [2.05, 4.69) is 33.5 Å². The molecule has 0 aliphatic carbocycles. The number of ether oxygens (including phenoxy) is 1. The molecule has 0 spiro atoms. The molecule has 0 radical (unpaired) electrons. The molecule has 5 N–H and O–H groups in total. The van der Waals surface area contributed by atoms with Gasteiger partial charge in [-0.1, -0.05) is 13.3 Å². The molecule has 2 aliphatic rings. The number of fused-ring (bicyclic) bond motifs is 1. The van der Waals surface area contributed by atoms with Crippen molar-refractivity contribution in [3.05, 3.63) is 0 Å². The largest absolute Gasteiger partial charge is 0.378 e. The molecule has 0 aromatic carbocycles. The third kappa shape index (κ3) is 6.91. The van der Waals surface area contributed by atoms with Crippen molar-refractivity contribution in [1.29, 1.82) is 0 Å². The zero-order chi connectivity index (χ0) is 18.8. The Bertz CT molecular complexity index is 493. The topological polar surface area (TPSA) is 121 Å². The minimum Gasteiger partial charge on any atom is -0.378 e. The fraction of sp³-hybridized carbons (Fsp3) is 0.812. The Labute approximate surface area is 158 Å². The van der Waals surface area contributed by atoms with E-state index in [1.807, 2.05) is 0 Å². The number of nitrogens with one attached hydrogen (secondary N) is 5. The summed E-state index contributed by atoms with van der Waals surface area (Å²) < 4.78 is 5.38. The van der Waals surface area contributed by atoms with Gasteiger partial charge in [0.15, 0.2) is 0 Å². The molecule has 1 unspecified atom stereocenters. The molecule has 2 saturated heterocycles. The predicted molar refractivity (Wildman–Crippen MR) is 100 cm³/mol. The summed E-state index contributed by atoms with van der Waals surface area (Å²) in [5.41, 5.74) is 0. The standard InChI is InChI=1S/C16H29N5O4S/c1-2-3-4-18-15(23)19-6-8-25-7-5-17-13(22)9-12-14-11(10-26-12)20-16(24)21-14/h11-12,14H,2-10H2,1H3,(H,17,22)(H2,18,19,23)(H2,20,21,24)/t11-,12?,14-/m0/s1. The van der Waals surface area contributed by atoms with Gasteiger partial charge in [0.1, 0.15) is 0 Å². The zero-order valence-electron chi connectivity index (χ0n) is 15.1. The molecule has 0 saturated carbocycles. The summed E-state index contributed by atoms with van der Waals surface area (Å²) in [6.45, 7) is 4.40. The van der Waals surface area contributed by atoms with Gasteiger partial charge in [0, 0.05) is 37.1 Å². The average molecular weight is 388 g/mol. The first kappa shape index (κ1) is 20.6. The van der Waals surface area contributed by atoms with Gasteiger partial charge in [0.2, 0.25) is 5.91 Å². The normalized spacial score (nSPS) is 23.7. The number of thioether (sulfide) groups is 1. The van der Waals surface area contributed by atoms with Crippen molar-refractivity contribution in [2.75, 3.05) is 38.6 Å². The zero-order valence-corrected chi connectivity index (χ0v) is 16.0. The molecule has 148 valence electrons. The summed E-state index contributed by atoms with van der Waals surface area (Å²) >= 11 is 1.71. The van der Waals surface area contributed by atoms with E-state index in [0.717, 1.165) is 18.6 Å². The van der Waals surface area contributed by atoms with Crippen molar-refractivity contribution in [3.63, 3.8) is 0 Å². The molecule has 2 fully saturated rings. The summed E-state index contributed by atoms with van der Waals surface area (Å²) in [5, 5.41) is 14.1. The van der Waals surface area contributed by atoms with Gasteiger partial charge < -0.3 is 31.3 Å². The van der Waals surface area contributed by atoms with Gasteiger partial charge >= 0.3 is 12.1 Å². The lowest BCUT2D eigenvalue weighted by atomic mass is 10.1. The summed E-state index contributed by atoms with van der Waals surface area (Å²) in [5.74, 6) is 0.796. The summed E-state index contributed by atoms with van der Waals surface area (Å²) in [6, 6.07) is -0.174. The van der Waals surface area contributed by atoms with Crippen molar-refractivity contribution in [1.82, 2.24) is 26.6 Å². The number of amides is 5. The highest BCUT2D eigenvalue weighted by Gasteiger charge is 2.43. The van der Waals surface area contributed by atoms with Crippen LogP contribution in [0.1, 0.15) is 26.2 Å². The molecule has 0 aromatic rings. The van der Waals surface area contributed by atoms with Gasteiger partial charge in [-0.2, -0.15) is 11.8 Å². The van der Waals surface area contributed by atoms with E-state index >= 15 is 0 Å². The number of hydrogen-bond acceptors (Lipinski definition) is 5. The lowest BCUT2D eigenvalue weighted by Gasteiger charge is -2.16. The van der Waals surface area contributed by atoms with Crippen LogP contribution in [0.4, 0.5) is 9.59 Å². The second-order valence-corrected chi connectivity index (χ2v) is 7.60. The van der Waals surface area contributed by atoms with Crippen molar-refractivity contribution >= 4 is 29.7 Å². The third-order valence-corrected chi connectivity index (χ3v) is 5.68. The first-order valence-corrected chi connectivity index (χ1v) is 10.2. The average Bonchev–Trinajstić information content (AvgIpc) is 3.14. The minimum atomic E-state index is -0.184. The SMILES string of the molecule is CCCCNC(=O)NCCOCCNC(=O)CC1SC[C@@H]2NC(=O)N[C@H]12. The first-order valence-electron chi connectivity index (χ1n) is 9.15. The van der Waals surface area contributed by atoms with Crippen LogP contribution in [-0.4, -0.2) is 73.9 Å². The van der Waals surface area contributed by atoms with Crippen LogP contribution in [0.5, 0.6) is 0 Å². The lowest BCUT2D eigenvalue weighted by molar-refractivity contribution is -0.121. The van der Waals surface area contributed by atoms with Crippen LogP contribution in [0, 0.1) is 0 Å². The molecular weight excluding hydrogens is 358 g/mol. The molecule has 0 bridgehead atoms. The van der Waals surface area contributed by atoms with Gasteiger partial charge in [-0.25, -0.2) is 9.59 Å². The van der Waals surface area contributed by atoms with Crippen molar-refractivity contribution in [3.8, 4) is 0 Å². The number of unbranched alkanes of at least 4 members (excludes halogenated alkanes) is 1. The highest BCUT2D eigenvalue weighted by atomic mass is 32.2. The van der Waals surface area contributed by atoms with E-state index in [9.17, 15) is 14.4 Å². The van der Waals surface area contributed by atoms with Gasteiger partial charge in [-0.3, -0.25) is 4.79 Å². The Morgan fingerprint density at radius 2 is 1.88 bits per heavy atom. The van der Waals surface area contributed by atoms with Crippen molar-refractivity contribution in [2.45, 2.75) is 43.5 Å². The summed E-state index contributed by atoms with van der Waals surface area (Å²) in [4.78, 5) is 34.7. The quantitative estimate of drug-likeness (QED) is 0.248. The maximum Gasteiger partial charge on any atom is 0.315 e. The molecule has 5 amide bonds. The molecular formula is C16H29N5O4S. The molecule has 26 heavy (non-hydrogen) atoms. The highest BCUT2D eigenvalue weighted by Crippen LogP contribution is 2.31. The van der Waals surface area contributed by atoms with Gasteiger partial charge in [-0.15, -0.1) is 0 Å². The van der Waals surface area contributed by atoms with E-state index in [1.165, 1.54) is 0 Å². The van der Waals surface area contributed by atoms with Crippen LogP contribution in [-0.2, 0) is 9.53 Å². The Hall–Kier alpha value is -1.68. The van der Waals surface area contributed by atoms with Gasteiger partial charge in [0.25, 0.3) is 0 Å². The molecule has 2 aliphatic heterocycles. The summed E-state index contributed by atoms with van der Waals surface area (Å²) in [7, 11) is 0. The molecule has 2 heterocycles. The van der Waals surface area contributed by atoms with Crippen molar-refractivity contribution in [2.24, 2.45) is 0 Å². The number of carbonyl (C=O) groups is 3. The highest BCUT2D eigenvalue weighted by molar-refractivity contribution is 8.00. The molecule has 2 rings (SSSR count). The molecule has 10 heteroatoms. The number of rotatable bonds is 11. The Morgan fingerprint density at radius 3 is 2.65 bits per heavy atom. The predicted octanol–water partition coefficient (Wildman–Crippen LogP) is -0.226. The number of hydrogen-bond donors (Lipinski definition) is 5. The fourth-order valence-electron chi connectivity index (χ4n) is 2.86. The van der Waals surface area contributed by atoms with Crippen LogP contribution in [0.25, 0.3) is 0 Å². The lowest BCUT2D eigenvalue weighted by Crippen LogP contribution is -2.40. The Balaban J connectivity index is 1.44. The molecule has 0 aromatic heterocycles. The third-order valence-electron chi connectivity index (χ3n) is 4.24. The maximum atomic E-state index is 12.0. The first-order chi connectivity index (χ1) is 12.6. The molecule has 9 nitrogen and oxygen atoms in total. The smallest absolute Gasteiger partial charge is 0.315 e. The second kappa shape index (κ2) is 11.1. The fourth-order valence-corrected chi connectivity index (χ4v) is 4.34.